The molecule has 13 heteroatoms. The van der Waals surface area contributed by atoms with Crippen molar-refractivity contribution in [2.24, 2.45) is 5.92 Å². The fraction of sp³-hybridized carbons (Fsp3) is 0.333. The highest BCUT2D eigenvalue weighted by Gasteiger charge is 2.36. The molecule has 8 rings (SSSR count). The Bertz CT molecular complexity index is 2460. The number of aliphatic hydroxyl groups excluding tert-OH is 1. The maximum atomic E-state index is 12.2. The first-order chi connectivity index (χ1) is 26.7. The van der Waals surface area contributed by atoms with Gasteiger partial charge in [-0.15, -0.1) is 0 Å². The van der Waals surface area contributed by atoms with E-state index in [1.165, 1.54) is 7.11 Å². The number of methoxy groups -OCH3 is 1. The average Bonchev–Trinajstić information content (AvgIpc) is 3.92. The maximum absolute atomic E-state index is 12.2. The predicted octanol–water partition coefficient (Wildman–Crippen LogP) is 7.07. The first-order valence-corrected chi connectivity index (χ1v) is 18.9. The van der Waals surface area contributed by atoms with Crippen LogP contribution in [0, 0.1) is 24.2 Å². The van der Waals surface area contributed by atoms with Gasteiger partial charge in [0.05, 0.1) is 41.0 Å². The Kier molecular flexibility index (Phi) is 10.2. The van der Waals surface area contributed by atoms with E-state index < -0.39 is 0 Å². The molecule has 1 unspecified atom stereocenters. The van der Waals surface area contributed by atoms with Crippen LogP contribution in [0.5, 0.6) is 0 Å². The zero-order valence-electron chi connectivity index (χ0n) is 30.9. The summed E-state index contributed by atoms with van der Waals surface area (Å²) < 4.78 is 11.2. The molecule has 3 atom stereocenters. The minimum atomic E-state index is -0.227. The summed E-state index contributed by atoms with van der Waals surface area (Å²) >= 11 is 7.11. The van der Waals surface area contributed by atoms with E-state index in [0.717, 1.165) is 84.3 Å². The van der Waals surface area contributed by atoms with Gasteiger partial charge in [0, 0.05) is 67.4 Å². The van der Waals surface area contributed by atoms with Crippen LogP contribution in [0.4, 0.5) is 11.5 Å². The molecule has 280 valence electrons. The van der Waals surface area contributed by atoms with Gasteiger partial charge < -0.3 is 24.5 Å². The summed E-state index contributed by atoms with van der Waals surface area (Å²) in [7, 11) is 1.42. The number of hydrogen-bond donors (Lipinski definition) is 2. The molecular formula is C42H41ClN8O4. The number of hydrogen-bond acceptors (Lipinski definition) is 12. The minimum Gasteiger partial charge on any atom is -0.469 e. The number of nitrogens with zero attached hydrogens (tertiary/aromatic N) is 7. The van der Waals surface area contributed by atoms with E-state index in [2.05, 4.69) is 37.2 Å². The third-order valence-corrected chi connectivity index (χ3v) is 11.4. The van der Waals surface area contributed by atoms with Gasteiger partial charge in [-0.3, -0.25) is 19.7 Å². The number of carbonyl (C=O) groups is 1. The Morgan fingerprint density at radius 1 is 1.09 bits per heavy atom. The number of likely N-dealkylation sites (tertiary alicyclic amines) is 2. The summed E-state index contributed by atoms with van der Waals surface area (Å²) in [5, 5.41) is 24.8. The molecule has 0 radical (unpaired) electrons. The number of nitriles is 1. The summed E-state index contributed by atoms with van der Waals surface area (Å²) in [5.41, 5.74) is 7.79. The molecule has 0 amide bonds. The first-order valence-electron chi connectivity index (χ1n) is 18.5. The van der Waals surface area contributed by atoms with Crippen LogP contribution >= 0.6 is 11.6 Å². The Labute approximate surface area is 323 Å². The Morgan fingerprint density at radius 3 is 2.75 bits per heavy atom. The molecule has 2 fully saturated rings. The fourth-order valence-corrected chi connectivity index (χ4v) is 8.19. The standard InChI is InChI=1S/C42H41ClN8O4/c1-24-31(5-4-6-34(24)48-40-37-28(7-12-46-40)17-26(21-47-37)9-14-50-15-10-30(52)23-50)38-36(43)33(8-13-45-38)41-49-35-19-27(18-29(20-44)39(35)55-41)22-51-16-11-32(25(51)2)42(53)54-3/h4-8,12-13,17-19,21,25,30,32,52H,9-11,14-16,22-23H2,1-3H3,(H,46,48)/t25-,30-,32?/m1/s1. The lowest BCUT2D eigenvalue weighted by Crippen LogP contribution is -2.33. The van der Waals surface area contributed by atoms with E-state index in [-0.39, 0.29) is 29.9 Å². The monoisotopic (exact) mass is 756 g/mol. The zero-order valence-corrected chi connectivity index (χ0v) is 31.7. The molecule has 2 N–H and O–H groups in total. The summed E-state index contributed by atoms with van der Waals surface area (Å²) in [6.07, 6.45) is 7.54. The molecule has 2 saturated heterocycles. The second-order valence-corrected chi connectivity index (χ2v) is 14.8. The summed E-state index contributed by atoms with van der Waals surface area (Å²) in [5.74, 6) is 0.546. The van der Waals surface area contributed by atoms with Crippen molar-refractivity contribution in [1.82, 2.24) is 29.7 Å². The van der Waals surface area contributed by atoms with E-state index in [1.807, 2.05) is 56.4 Å². The van der Waals surface area contributed by atoms with E-state index in [4.69, 9.17) is 30.7 Å². The van der Waals surface area contributed by atoms with Crippen molar-refractivity contribution in [3.63, 3.8) is 0 Å². The molecule has 0 saturated carbocycles. The van der Waals surface area contributed by atoms with Gasteiger partial charge in [0.25, 0.3) is 0 Å². The number of β-amino-alcohol motifs (C(OH)–C–C–N with tert-alkyl or cyclic N) is 1. The number of carbonyl (C=O) groups excluding carboxylic acids is 1. The zero-order chi connectivity index (χ0) is 38.2. The maximum Gasteiger partial charge on any atom is 0.310 e. The third kappa shape index (κ3) is 7.24. The molecule has 12 nitrogen and oxygen atoms in total. The van der Waals surface area contributed by atoms with Crippen LogP contribution in [0.15, 0.2) is 71.5 Å². The molecule has 4 aromatic heterocycles. The van der Waals surface area contributed by atoms with Crippen molar-refractivity contribution in [3.05, 3.63) is 94.4 Å². The number of ether oxygens (including phenoxy) is 1. The van der Waals surface area contributed by atoms with Crippen molar-refractivity contribution in [2.75, 3.05) is 38.6 Å². The third-order valence-electron chi connectivity index (χ3n) is 11.0. The lowest BCUT2D eigenvalue weighted by molar-refractivity contribution is -0.146. The van der Waals surface area contributed by atoms with Gasteiger partial charge in [-0.25, -0.2) is 9.97 Å². The highest BCUT2D eigenvalue weighted by molar-refractivity contribution is 6.35. The van der Waals surface area contributed by atoms with Gasteiger partial charge in [0.1, 0.15) is 17.1 Å². The van der Waals surface area contributed by atoms with E-state index in [0.29, 0.717) is 45.3 Å². The molecular weight excluding hydrogens is 716 g/mol. The molecule has 0 aliphatic carbocycles. The van der Waals surface area contributed by atoms with Crippen LogP contribution in [-0.2, 0) is 22.5 Å². The molecule has 6 aromatic rings. The quantitative estimate of drug-likeness (QED) is 0.138. The normalized spacial score (nSPS) is 18.9. The van der Waals surface area contributed by atoms with E-state index in [9.17, 15) is 15.2 Å². The number of nitrogens with one attached hydrogen (secondary N) is 1. The topological polar surface area (TPSA) is 154 Å². The first kappa shape index (κ1) is 36.5. The van der Waals surface area contributed by atoms with Crippen LogP contribution in [0.2, 0.25) is 5.02 Å². The van der Waals surface area contributed by atoms with Crippen LogP contribution in [0.1, 0.15) is 42.0 Å². The molecule has 0 spiro atoms. The summed E-state index contributed by atoms with van der Waals surface area (Å²) in [6.45, 7) is 7.88. The molecule has 55 heavy (non-hydrogen) atoms. The smallest absolute Gasteiger partial charge is 0.310 e. The number of pyridine rings is 3. The molecule has 6 heterocycles. The van der Waals surface area contributed by atoms with Crippen molar-refractivity contribution in [1.29, 1.82) is 5.26 Å². The Morgan fingerprint density at radius 2 is 1.95 bits per heavy atom. The summed E-state index contributed by atoms with van der Waals surface area (Å²) in [4.78, 5) is 35.7. The van der Waals surface area contributed by atoms with Crippen LogP contribution in [0.3, 0.4) is 0 Å². The number of rotatable bonds is 10. The van der Waals surface area contributed by atoms with Crippen LogP contribution in [-0.4, -0.2) is 86.2 Å². The van der Waals surface area contributed by atoms with Gasteiger partial charge in [-0.2, -0.15) is 5.26 Å². The molecule has 2 aliphatic heterocycles. The second-order valence-electron chi connectivity index (χ2n) is 14.4. The van der Waals surface area contributed by atoms with Crippen molar-refractivity contribution < 1.29 is 19.1 Å². The SMILES string of the molecule is COC(=O)C1CCN(Cc2cc(C#N)c3oc(-c4ccnc(-c5cccc(Nc6nccc7cc(CCN8CC[C@@H](O)C8)cnc67)c5C)c4Cl)nc3c2)[C@@H]1C. The van der Waals surface area contributed by atoms with E-state index in [1.54, 1.807) is 18.5 Å². The number of fused-ring (bicyclic) bond motifs is 2. The number of aliphatic hydroxyl groups is 1. The van der Waals surface area contributed by atoms with Gasteiger partial charge in [-0.1, -0.05) is 23.7 Å². The Balaban J connectivity index is 1.04. The van der Waals surface area contributed by atoms with Gasteiger partial charge >= 0.3 is 5.97 Å². The highest BCUT2D eigenvalue weighted by Crippen LogP contribution is 2.39. The number of esters is 1. The molecule has 0 bridgehead atoms. The van der Waals surface area contributed by atoms with Gasteiger partial charge in [0.2, 0.25) is 5.89 Å². The molecule has 2 aliphatic rings. The molecule has 2 aromatic carbocycles. The van der Waals surface area contributed by atoms with Crippen LogP contribution < -0.4 is 5.32 Å². The van der Waals surface area contributed by atoms with Crippen molar-refractivity contribution in [2.45, 2.75) is 51.8 Å². The van der Waals surface area contributed by atoms with Gasteiger partial charge in [-0.05, 0) is 92.7 Å². The second kappa shape index (κ2) is 15.4. The average molecular weight is 757 g/mol. The van der Waals surface area contributed by atoms with Crippen LogP contribution in [0.25, 0.3) is 44.7 Å². The van der Waals surface area contributed by atoms with E-state index >= 15 is 0 Å². The predicted molar refractivity (Wildman–Crippen MR) is 211 cm³/mol. The number of oxazole rings is 1. The number of benzene rings is 2. The number of aromatic nitrogens is 4. The lowest BCUT2D eigenvalue weighted by Gasteiger charge is -2.23. The largest absolute Gasteiger partial charge is 0.469 e. The van der Waals surface area contributed by atoms with Crippen molar-refractivity contribution >= 4 is 51.1 Å². The fourth-order valence-electron chi connectivity index (χ4n) is 7.90. The number of anilines is 2. The minimum absolute atomic E-state index is 0.00752. The number of halogens is 1. The highest BCUT2D eigenvalue weighted by atomic mass is 35.5. The summed E-state index contributed by atoms with van der Waals surface area (Å²) in [6, 6.07) is 17.8. The lowest BCUT2D eigenvalue weighted by atomic mass is 10.0. The van der Waals surface area contributed by atoms with Gasteiger partial charge in [0.15, 0.2) is 11.4 Å². The van der Waals surface area contributed by atoms with Crippen molar-refractivity contribution in [3.8, 4) is 28.8 Å². The Hall–Kier alpha value is -5.45.